The van der Waals surface area contributed by atoms with E-state index in [2.05, 4.69) is 20.7 Å². The first-order valence-corrected chi connectivity index (χ1v) is 12.2. The highest BCUT2D eigenvalue weighted by molar-refractivity contribution is 9.10. The lowest BCUT2D eigenvalue weighted by molar-refractivity contribution is 0.595. The molecule has 1 N–H and O–H groups in total. The van der Waals surface area contributed by atoms with Gasteiger partial charge in [0.05, 0.1) is 24.7 Å². The van der Waals surface area contributed by atoms with Crippen molar-refractivity contribution >= 4 is 64.7 Å². The second-order valence-corrected chi connectivity index (χ2v) is 11.0. The topological polar surface area (TPSA) is 80.3 Å². The molecule has 0 aliphatic carbocycles. The minimum absolute atomic E-state index is 0.0858. The zero-order chi connectivity index (χ0) is 20.5. The van der Waals surface area contributed by atoms with E-state index in [1.165, 1.54) is 36.4 Å². The molecule has 0 saturated carbocycles. The smallest absolute Gasteiger partial charge is 0.261 e. The largest absolute Gasteiger partial charge is 0.280 e. The van der Waals surface area contributed by atoms with Gasteiger partial charge in [0, 0.05) is 10.2 Å². The summed E-state index contributed by atoms with van der Waals surface area (Å²) in [6.45, 7) is 0. The Kier molecular flexibility index (Phi) is 6.07. The molecule has 0 spiro atoms. The molecule has 0 radical (unpaired) electrons. The van der Waals surface area contributed by atoms with Gasteiger partial charge in [0.15, 0.2) is 0 Å². The molecule has 0 aliphatic rings. The molecule has 0 amide bonds. The quantitative estimate of drug-likeness (QED) is 0.489. The SMILES string of the molecule is O=S(=O)(Nc1ccc(Br)cc1)c1cccc(S(=O)(=O)c2ccc(Cl)c(Cl)c2)c1. The third-order valence-corrected chi connectivity index (χ3v) is 8.12. The van der Waals surface area contributed by atoms with Crippen molar-refractivity contribution in [3.8, 4) is 0 Å². The maximum absolute atomic E-state index is 12.9. The summed E-state index contributed by atoms with van der Waals surface area (Å²) in [6, 6.07) is 15.5. The van der Waals surface area contributed by atoms with Crippen molar-refractivity contribution in [1.29, 1.82) is 0 Å². The highest BCUT2D eigenvalue weighted by Crippen LogP contribution is 2.29. The number of sulfonamides is 1. The number of halogens is 3. The summed E-state index contributed by atoms with van der Waals surface area (Å²) in [4.78, 5) is -0.446. The Labute approximate surface area is 181 Å². The van der Waals surface area contributed by atoms with Gasteiger partial charge in [0.25, 0.3) is 10.0 Å². The van der Waals surface area contributed by atoms with Gasteiger partial charge < -0.3 is 0 Å². The van der Waals surface area contributed by atoms with Gasteiger partial charge in [-0.3, -0.25) is 4.72 Å². The van der Waals surface area contributed by atoms with Crippen LogP contribution in [0.1, 0.15) is 0 Å². The molecule has 5 nitrogen and oxygen atoms in total. The molecule has 0 fully saturated rings. The average Bonchev–Trinajstić information content (AvgIpc) is 2.65. The summed E-state index contributed by atoms with van der Waals surface area (Å²) in [5.74, 6) is 0. The first-order valence-electron chi connectivity index (χ1n) is 7.68. The van der Waals surface area contributed by atoms with Crippen LogP contribution in [-0.2, 0) is 19.9 Å². The average molecular weight is 521 g/mol. The van der Waals surface area contributed by atoms with Crippen molar-refractivity contribution in [3.63, 3.8) is 0 Å². The lowest BCUT2D eigenvalue weighted by atomic mass is 10.3. The van der Waals surface area contributed by atoms with Gasteiger partial charge >= 0.3 is 0 Å². The highest BCUT2D eigenvalue weighted by atomic mass is 79.9. The maximum atomic E-state index is 12.9. The number of anilines is 1. The molecule has 3 rings (SSSR count). The Hall–Kier alpha value is -1.58. The molecule has 28 heavy (non-hydrogen) atoms. The first-order chi connectivity index (χ1) is 13.1. The minimum Gasteiger partial charge on any atom is -0.280 e. The minimum atomic E-state index is -3.98. The summed E-state index contributed by atoms with van der Waals surface area (Å²) in [5.41, 5.74) is 0.348. The Bertz CT molecular complexity index is 1240. The second-order valence-electron chi connectivity index (χ2n) is 5.67. The van der Waals surface area contributed by atoms with E-state index in [4.69, 9.17) is 23.2 Å². The summed E-state index contributed by atoms with van der Waals surface area (Å²) < 4.78 is 54.2. The van der Waals surface area contributed by atoms with E-state index in [0.717, 1.165) is 10.5 Å². The van der Waals surface area contributed by atoms with Crippen LogP contribution in [-0.4, -0.2) is 16.8 Å². The molecule has 0 heterocycles. The van der Waals surface area contributed by atoms with Gasteiger partial charge in [-0.05, 0) is 60.7 Å². The number of nitrogens with one attached hydrogen (secondary N) is 1. The second kappa shape index (κ2) is 8.04. The van der Waals surface area contributed by atoms with Crippen LogP contribution < -0.4 is 4.72 Å². The molecule has 0 aromatic heterocycles. The fourth-order valence-corrected chi connectivity index (χ4v) is 5.46. The number of hydrogen-bond acceptors (Lipinski definition) is 4. The van der Waals surface area contributed by atoms with Crippen molar-refractivity contribution < 1.29 is 16.8 Å². The van der Waals surface area contributed by atoms with Crippen LogP contribution in [0.15, 0.2) is 85.9 Å². The number of rotatable bonds is 5. The van der Waals surface area contributed by atoms with Crippen LogP contribution in [0.5, 0.6) is 0 Å². The Morgan fingerprint density at radius 3 is 1.96 bits per heavy atom. The predicted molar refractivity (Wildman–Crippen MR) is 113 cm³/mol. The standard InChI is InChI=1S/C18H12BrCl2NO4S2/c19-12-4-6-13(7-5-12)22-28(25,26)16-3-1-2-14(10-16)27(23,24)15-8-9-17(20)18(21)11-15/h1-11,22H. The van der Waals surface area contributed by atoms with Gasteiger partial charge in [-0.1, -0.05) is 45.2 Å². The monoisotopic (exact) mass is 519 g/mol. The molecule has 0 unspecified atom stereocenters. The van der Waals surface area contributed by atoms with Gasteiger partial charge in [0.2, 0.25) is 9.84 Å². The van der Waals surface area contributed by atoms with Crippen LogP contribution >= 0.6 is 39.1 Å². The van der Waals surface area contributed by atoms with Crippen molar-refractivity contribution in [3.05, 3.63) is 81.2 Å². The third kappa shape index (κ3) is 4.52. The first kappa shape index (κ1) is 21.1. The van der Waals surface area contributed by atoms with Crippen molar-refractivity contribution in [2.24, 2.45) is 0 Å². The Balaban J connectivity index is 1.99. The zero-order valence-corrected chi connectivity index (χ0v) is 18.7. The third-order valence-electron chi connectivity index (χ3n) is 3.72. The molecule has 146 valence electrons. The number of hydrogen-bond donors (Lipinski definition) is 1. The Morgan fingerprint density at radius 2 is 1.32 bits per heavy atom. The van der Waals surface area contributed by atoms with E-state index in [-0.39, 0.29) is 24.7 Å². The number of benzene rings is 3. The fraction of sp³-hybridized carbons (Fsp3) is 0. The molecular weight excluding hydrogens is 509 g/mol. The van der Waals surface area contributed by atoms with Crippen LogP contribution in [0.3, 0.4) is 0 Å². The lowest BCUT2D eigenvalue weighted by Crippen LogP contribution is -2.13. The van der Waals surface area contributed by atoms with Gasteiger partial charge in [-0.2, -0.15) is 0 Å². The molecule has 10 heteroatoms. The van der Waals surface area contributed by atoms with Gasteiger partial charge in [-0.15, -0.1) is 0 Å². The van der Waals surface area contributed by atoms with Crippen LogP contribution in [0.25, 0.3) is 0 Å². The van der Waals surface area contributed by atoms with Crippen LogP contribution in [0.4, 0.5) is 5.69 Å². The summed E-state index contributed by atoms with van der Waals surface area (Å²) in [6.07, 6.45) is 0. The lowest BCUT2D eigenvalue weighted by Gasteiger charge is -2.10. The highest BCUT2D eigenvalue weighted by Gasteiger charge is 2.22. The summed E-state index contributed by atoms with van der Waals surface area (Å²) in [5, 5.41) is 0.305. The molecule has 0 saturated heterocycles. The number of sulfone groups is 1. The fourth-order valence-electron chi connectivity index (χ4n) is 2.32. The van der Waals surface area contributed by atoms with E-state index in [9.17, 15) is 16.8 Å². The zero-order valence-electron chi connectivity index (χ0n) is 13.9. The van der Waals surface area contributed by atoms with Crippen molar-refractivity contribution in [1.82, 2.24) is 0 Å². The summed E-state index contributed by atoms with van der Waals surface area (Å²) in [7, 11) is -7.96. The molecular formula is C18H12BrCl2NO4S2. The molecule has 0 atom stereocenters. The van der Waals surface area contributed by atoms with Crippen molar-refractivity contribution in [2.75, 3.05) is 4.72 Å². The van der Waals surface area contributed by atoms with Gasteiger partial charge in [-0.25, -0.2) is 16.8 Å². The van der Waals surface area contributed by atoms with Crippen LogP contribution in [0.2, 0.25) is 10.0 Å². The van der Waals surface area contributed by atoms with Gasteiger partial charge in [0.1, 0.15) is 0 Å². The normalized spacial score (nSPS) is 12.0. The van der Waals surface area contributed by atoms with E-state index in [1.807, 2.05) is 0 Å². The molecule has 3 aromatic carbocycles. The predicted octanol–water partition coefficient (Wildman–Crippen LogP) is 5.39. The van der Waals surface area contributed by atoms with E-state index >= 15 is 0 Å². The van der Waals surface area contributed by atoms with E-state index < -0.39 is 19.9 Å². The van der Waals surface area contributed by atoms with Crippen molar-refractivity contribution in [2.45, 2.75) is 14.7 Å². The van der Waals surface area contributed by atoms with E-state index in [0.29, 0.717) is 5.69 Å². The Morgan fingerprint density at radius 1 is 0.714 bits per heavy atom. The van der Waals surface area contributed by atoms with Crippen LogP contribution in [0, 0.1) is 0 Å². The summed E-state index contributed by atoms with van der Waals surface area (Å²) >= 11 is 15.0. The maximum Gasteiger partial charge on any atom is 0.261 e. The molecule has 3 aromatic rings. The molecule has 0 aliphatic heterocycles. The molecule has 0 bridgehead atoms. The van der Waals surface area contributed by atoms with E-state index in [1.54, 1.807) is 24.3 Å².